The maximum absolute atomic E-state index is 13.3. The van der Waals surface area contributed by atoms with Crippen molar-refractivity contribution in [2.24, 2.45) is 11.8 Å². The molecule has 1 aliphatic carbocycles. The van der Waals surface area contributed by atoms with E-state index >= 15 is 0 Å². The summed E-state index contributed by atoms with van der Waals surface area (Å²) in [6.07, 6.45) is 0.908. The summed E-state index contributed by atoms with van der Waals surface area (Å²) < 4.78 is 50.1. The second kappa shape index (κ2) is 9.00. The number of ether oxygens (including phenoxy) is 2. The van der Waals surface area contributed by atoms with Gasteiger partial charge in [-0.05, 0) is 24.5 Å². The van der Waals surface area contributed by atoms with Crippen LogP contribution in [0.15, 0.2) is 44.6 Å². The van der Waals surface area contributed by atoms with Crippen molar-refractivity contribution in [1.29, 1.82) is 0 Å². The van der Waals surface area contributed by atoms with Crippen molar-refractivity contribution in [1.82, 2.24) is 14.3 Å². The van der Waals surface area contributed by atoms with Gasteiger partial charge in [-0.3, -0.25) is 18.5 Å². The predicted molar refractivity (Wildman–Crippen MR) is 124 cm³/mol. The normalized spacial score (nSPS) is 26.7. The van der Waals surface area contributed by atoms with Gasteiger partial charge in [-0.15, -0.1) is 0 Å². The first kappa shape index (κ1) is 26.0. The molecule has 17 heteroatoms. The van der Waals surface area contributed by atoms with Crippen LogP contribution in [0.1, 0.15) is 25.3 Å². The second-order valence-corrected chi connectivity index (χ2v) is 11.8. The average molecular weight is 559 g/mol. The smallest absolute Gasteiger partial charge is 0.481 e. The first-order valence-corrected chi connectivity index (χ1v) is 14.0. The minimum Gasteiger partial charge on any atom is -0.497 e. The highest BCUT2D eigenvalue weighted by Crippen LogP contribution is 2.65. The van der Waals surface area contributed by atoms with Crippen LogP contribution in [0.25, 0.3) is 11.0 Å². The van der Waals surface area contributed by atoms with Gasteiger partial charge in [-0.2, -0.15) is 4.31 Å². The highest BCUT2D eigenvalue weighted by molar-refractivity contribution is 7.60. The van der Waals surface area contributed by atoms with Crippen molar-refractivity contribution in [2.45, 2.75) is 31.7 Å². The monoisotopic (exact) mass is 559 g/mol. The van der Waals surface area contributed by atoms with Gasteiger partial charge in [-0.1, -0.05) is 12.1 Å². The number of hydrogen-bond donors (Lipinski definition) is 3. The average Bonchev–Trinajstić information content (AvgIpc) is 3.28. The summed E-state index contributed by atoms with van der Waals surface area (Å²) in [6.45, 7) is 1.16. The van der Waals surface area contributed by atoms with E-state index in [-0.39, 0.29) is 18.4 Å². The Labute approximate surface area is 208 Å². The molecule has 1 aromatic carbocycles. The standard InChI is InChI=1S/C20H23N3O12P2/c1-11-14-8-20(14,10-32-37(29,30)35-36(26,27)28)33-18(11)22-6-5-17(24)23(19(22)25)9-15-13-4-3-12(31-2)7-16(13)34-21-15/h3-7,11,14,18H,8-10H2,1-2H3,(H,29,30)(H2,26,27,28). The maximum Gasteiger partial charge on any atom is 0.481 e. The predicted octanol–water partition coefficient (Wildman–Crippen LogP) is 1.36. The second-order valence-electron chi connectivity index (χ2n) is 8.98. The lowest BCUT2D eigenvalue weighted by Crippen LogP contribution is -2.42. The molecule has 3 N–H and O–H groups in total. The molecule has 2 fully saturated rings. The van der Waals surface area contributed by atoms with Crippen LogP contribution in [0.4, 0.5) is 0 Å². The van der Waals surface area contributed by atoms with E-state index in [0.717, 1.165) is 4.57 Å². The molecule has 37 heavy (non-hydrogen) atoms. The third-order valence-corrected chi connectivity index (χ3v) is 8.77. The molecule has 3 heterocycles. The van der Waals surface area contributed by atoms with Gasteiger partial charge in [0.25, 0.3) is 5.56 Å². The van der Waals surface area contributed by atoms with Crippen molar-refractivity contribution in [3.05, 3.63) is 57.0 Å². The first-order chi connectivity index (χ1) is 17.3. The molecule has 1 saturated carbocycles. The van der Waals surface area contributed by atoms with Crippen LogP contribution >= 0.6 is 15.6 Å². The van der Waals surface area contributed by atoms with Crippen molar-refractivity contribution in [2.75, 3.05) is 13.7 Å². The lowest BCUT2D eigenvalue weighted by molar-refractivity contribution is -0.0723. The van der Waals surface area contributed by atoms with E-state index in [0.29, 0.717) is 28.8 Å². The Kier molecular flexibility index (Phi) is 6.33. The third-order valence-electron chi connectivity index (χ3n) is 6.63. The van der Waals surface area contributed by atoms with E-state index in [4.69, 9.17) is 28.3 Å². The molecule has 3 aromatic rings. The Morgan fingerprint density at radius 1 is 1.22 bits per heavy atom. The van der Waals surface area contributed by atoms with Gasteiger partial charge < -0.3 is 28.7 Å². The third kappa shape index (κ3) is 4.97. The fourth-order valence-corrected chi connectivity index (χ4v) is 6.40. The van der Waals surface area contributed by atoms with E-state index in [1.807, 2.05) is 6.92 Å². The van der Waals surface area contributed by atoms with Crippen molar-refractivity contribution < 1.29 is 46.6 Å². The van der Waals surface area contributed by atoms with Crippen LogP contribution in [0.3, 0.4) is 0 Å². The lowest BCUT2D eigenvalue weighted by atomic mass is 10.0. The molecule has 0 spiro atoms. The van der Waals surface area contributed by atoms with E-state index in [9.17, 15) is 23.6 Å². The highest BCUT2D eigenvalue weighted by Gasteiger charge is 2.67. The van der Waals surface area contributed by atoms with Gasteiger partial charge in [-0.25, -0.2) is 13.9 Å². The zero-order chi connectivity index (χ0) is 26.8. The summed E-state index contributed by atoms with van der Waals surface area (Å²) in [5.41, 5.74) is -1.48. The van der Waals surface area contributed by atoms with Gasteiger partial charge in [0.2, 0.25) is 0 Å². The summed E-state index contributed by atoms with van der Waals surface area (Å²) in [7, 11) is -8.81. The first-order valence-electron chi connectivity index (χ1n) is 11.0. The molecule has 5 unspecified atom stereocenters. The molecule has 5 atom stereocenters. The van der Waals surface area contributed by atoms with Gasteiger partial charge in [0.05, 0.1) is 25.9 Å². The number of phosphoric ester groups is 1. The largest absolute Gasteiger partial charge is 0.497 e. The minimum atomic E-state index is -5.26. The summed E-state index contributed by atoms with van der Waals surface area (Å²) in [5, 5.41) is 4.60. The zero-order valence-electron chi connectivity index (χ0n) is 19.5. The number of rotatable bonds is 9. The molecule has 1 saturated heterocycles. The van der Waals surface area contributed by atoms with Crippen LogP contribution < -0.4 is 16.0 Å². The van der Waals surface area contributed by atoms with E-state index in [1.54, 1.807) is 18.2 Å². The molecule has 2 aromatic heterocycles. The molecule has 2 aliphatic rings. The van der Waals surface area contributed by atoms with Crippen LogP contribution in [-0.4, -0.2) is 48.3 Å². The van der Waals surface area contributed by atoms with Gasteiger partial charge in [0, 0.05) is 29.6 Å². The van der Waals surface area contributed by atoms with Crippen molar-refractivity contribution in [3.8, 4) is 5.75 Å². The SMILES string of the molecule is COc1ccc2c(Cn3c(=O)ccn(C4OC5(COP(=O)(O)OP(=O)(O)O)CC5C4C)c3=O)noc2c1. The lowest BCUT2D eigenvalue weighted by Gasteiger charge is -2.24. The maximum atomic E-state index is 13.3. The molecule has 1 aliphatic heterocycles. The molecular weight excluding hydrogens is 536 g/mol. The number of phosphoric acid groups is 2. The number of hydrogen-bond acceptors (Lipinski definition) is 10. The topological polar surface area (TPSA) is 202 Å². The Balaban J connectivity index is 1.37. The molecule has 0 bridgehead atoms. The van der Waals surface area contributed by atoms with Crippen molar-refractivity contribution >= 4 is 26.6 Å². The summed E-state index contributed by atoms with van der Waals surface area (Å²) in [6, 6.07) is 6.26. The summed E-state index contributed by atoms with van der Waals surface area (Å²) in [5.74, 6) is 0.131. The number of methoxy groups -OCH3 is 1. The van der Waals surface area contributed by atoms with Gasteiger partial charge in [0.1, 0.15) is 17.7 Å². The Hall–Kier alpha value is -2.61. The molecule has 5 rings (SSSR count). The molecule has 15 nitrogen and oxygen atoms in total. The summed E-state index contributed by atoms with van der Waals surface area (Å²) >= 11 is 0. The summed E-state index contributed by atoms with van der Waals surface area (Å²) in [4.78, 5) is 53.0. The molecule has 0 radical (unpaired) electrons. The minimum absolute atomic E-state index is 0.163. The van der Waals surface area contributed by atoms with Gasteiger partial charge in [0.15, 0.2) is 5.58 Å². The van der Waals surface area contributed by atoms with Crippen LogP contribution in [0.5, 0.6) is 5.75 Å². The highest BCUT2D eigenvalue weighted by atomic mass is 31.3. The Bertz CT molecular complexity index is 1570. The van der Waals surface area contributed by atoms with E-state index < -0.39 is 45.3 Å². The number of fused-ring (bicyclic) bond motifs is 2. The number of benzene rings is 1. The van der Waals surface area contributed by atoms with E-state index in [2.05, 4.69) is 9.47 Å². The van der Waals surface area contributed by atoms with E-state index in [1.165, 1.54) is 23.9 Å². The Morgan fingerprint density at radius 2 is 1.97 bits per heavy atom. The zero-order valence-corrected chi connectivity index (χ0v) is 21.3. The fourth-order valence-electron chi connectivity index (χ4n) is 4.75. The van der Waals surface area contributed by atoms with Crippen LogP contribution in [0, 0.1) is 11.8 Å². The number of nitrogens with zero attached hydrogens (tertiary/aromatic N) is 3. The molecule has 0 amide bonds. The quantitative estimate of drug-likeness (QED) is 0.318. The fraction of sp³-hybridized carbons (Fsp3) is 0.450. The van der Waals surface area contributed by atoms with Crippen LogP contribution in [-0.2, 0) is 29.2 Å². The molecular formula is C20H23N3O12P2. The Morgan fingerprint density at radius 3 is 2.68 bits per heavy atom. The number of aromatic nitrogens is 3. The van der Waals surface area contributed by atoms with Crippen LogP contribution in [0.2, 0.25) is 0 Å². The van der Waals surface area contributed by atoms with Crippen molar-refractivity contribution in [3.63, 3.8) is 0 Å². The van der Waals surface area contributed by atoms with Gasteiger partial charge >= 0.3 is 21.3 Å². The molecule has 200 valence electrons.